The SMILES string of the molecule is C/C(=C/Cl)C(F)(F)F.C/C(=C\Cl)C(F)(F)F. The number of hydrogen-bond donors (Lipinski definition) is 0. The van der Waals surface area contributed by atoms with Gasteiger partial charge in [-0.25, -0.2) is 0 Å². The molecule has 0 saturated carbocycles. The molecule has 0 radical (unpaired) electrons. The smallest absolute Gasteiger partial charge is 0.166 e. The van der Waals surface area contributed by atoms with Crippen LogP contribution >= 0.6 is 23.2 Å². The predicted molar refractivity (Wildman–Crippen MR) is 51.3 cm³/mol. The van der Waals surface area contributed by atoms with E-state index >= 15 is 0 Å². The summed E-state index contributed by atoms with van der Waals surface area (Å²) in [4.78, 5) is 0. The molecular formula is C8H8Cl2F6. The molecule has 0 aromatic heterocycles. The minimum Gasteiger partial charge on any atom is -0.166 e. The molecule has 0 unspecified atom stereocenters. The van der Waals surface area contributed by atoms with Crippen LogP contribution in [0.3, 0.4) is 0 Å². The van der Waals surface area contributed by atoms with Crippen molar-refractivity contribution in [2.75, 3.05) is 0 Å². The van der Waals surface area contributed by atoms with Gasteiger partial charge < -0.3 is 0 Å². The largest absolute Gasteiger partial charge is 0.413 e. The van der Waals surface area contributed by atoms with Gasteiger partial charge in [0.2, 0.25) is 0 Å². The third-order valence-electron chi connectivity index (χ3n) is 1.22. The Hall–Kier alpha value is -0.360. The zero-order valence-electron chi connectivity index (χ0n) is 8.18. The van der Waals surface area contributed by atoms with Crippen LogP contribution in [0.4, 0.5) is 26.3 Å². The van der Waals surface area contributed by atoms with Crippen molar-refractivity contribution in [1.29, 1.82) is 0 Å². The average Bonchev–Trinajstić information content (AvgIpc) is 2.13. The van der Waals surface area contributed by atoms with Crippen LogP contribution in [-0.2, 0) is 0 Å². The molecule has 0 bridgehead atoms. The summed E-state index contributed by atoms with van der Waals surface area (Å²) in [6.07, 6.45) is -8.52. The van der Waals surface area contributed by atoms with Gasteiger partial charge in [0, 0.05) is 22.2 Å². The van der Waals surface area contributed by atoms with E-state index in [-0.39, 0.29) is 0 Å². The molecule has 0 nitrogen and oxygen atoms in total. The van der Waals surface area contributed by atoms with E-state index in [0.29, 0.717) is 11.1 Å². The topological polar surface area (TPSA) is 0 Å². The van der Waals surface area contributed by atoms with Gasteiger partial charge in [0.05, 0.1) is 0 Å². The van der Waals surface area contributed by atoms with E-state index in [1.165, 1.54) is 0 Å². The molecule has 16 heavy (non-hydrogen) atoms. The highest BCUT2D eigenvalue weighted by Gasteiger charge is 2.29. The lowest BCUT2D eigenvalue weighted by atomic mass is 10.3. The molecule has 96 valence electrons. The van der Waals surface area contributed by atoms with Crippen LogP contribution in [0.15, 0.2) is 22.2 Å². The Morgan fingerprint density at radius 3 is 0.938 bits per heavy atom. The molecule has 0 aliphatic rings. The van der Waals surface area contributed by atoms with Gasteiger partial charge in [-0.15, -0.1) is 0 Å². The molecular weight excluding hydrogens is 281 g/mol. The van der Waals surface area contributed by atoms with Crippen LogP contribution in [0.5, 0.6) is 0 Å². The minimum absolute atomic E-state index is 0.514. The van der Waals surface area contributed by atoms with Crippen molar-refractivity contribution in [3.05, 3.63) is 22.2 Å². The van der Waals surface area contributed by atoms with Gasteiger partial charge in [-0.05, 0) is 13.8 Å². The summed E-state index contributed by atoms with van der Waals surface area (Å²) in [6, 6.07) is 0. The highest BCUT2D eigenvalue weighted by Crippen LogP contribution is 2.25. The molecule has 0 fully saturated rings. The second-order valence-electron chi connectivity index (χ2n) is 2.58. The summed E-state index contributed by atoms with van der Waals surface area (Å²) in [5.41, 5.74) is -0.529. The van der Waals surface area contributed by atoms with Crippen LogP contribution in [0, 0.1) is 0 Å². The van der Waals surface area contributed by atoms with Gasteiger partial charge in [0.25, 0.3) is 0 Å². The quantitative estimate of drug-likeness (QED) is 0.525. The van der Waals surface area contributed by atoms with E-state index in [2.05, 4.69) is 0 Å². The molecule has 0 aliphatic heterocycles. The molecule has 8 heteroatoms. The number of rotatable bonds is 0. The van der Waals surface area contributed by atoms with Gasteiger partial charge in [-0.1, -0.05) is 23.2 Å². The van der Waals surface area contributed by atoms with Crippen molar-refractivity contribution in [2.24, 2.45) is 0 Å². The first-order valence-electron chi connectivity index (χ1n) is 3.65. The Labute approximate surface area is 98.5 Å². The van der Waals surface area contributed by atoms with Crippen molar-refractivity contribution >= 4 is 23.2 Å². The summed E-state index contributed by atoms with van der Waals surface area (Å²) in [7, 11) is 0. The van der Waals surface area contributed by atoms with Crippen molar-refractivity contribution in [3.8, 4) is 0 Å². The number of halogens is 8. The standard InChI is InChI=1S/2C4H4ClF3/c2*1-3(2-5)4(6,7)8/h2*2H,1H3/b3-2+;3-2-. The molecule has 0 heterocycles. The van der Waals surface area contributed by atoms with Crippen LogP contribution in [0.2, 0.25) is 0 Å². The van der Waals surface area contributed by atoms with E-state index in [1.807, 2.05) is 0 Å². The second kappa shape index (κ2) is 7.06. The highest BCUT2D eigenvalue weighted by atomic mass is 35.5. The molecule has 0 atom stereocenters. The lowest BCUT2D eigenvalue weighted by Gasteiger charge is -2.02. The molecule has 0 spiro atoms. The van der Waals surface area contributed by atoms with Crippen LogP contribution in [0.1, 0.15) is 13.8 Å². The summed E-state index contributed by atoms with van der Waals surface area (Å²) >= 11 is 9.51. The van der Waals surface area contributed by atoms with Crippen LogP contribution in [-0.4, -0.2) is 12.4 Å². The maximum Gasteiger partial charge on any atom is 0.413 e. The fourth-order valence-corrected chi connectivity index (χ4v) is 0.371. The van der Waals surface area contributed by atoms with Crippen molar-refractivity contribution < 1.29 is 26.3 Å². The Kier molecular flexibility index (Phi) is 7.95. The summed E-state index contributed by atoms with van der Waals surface area (Å²) < 4.78 is 67.8. The Balaban J connectivity index is 0. The Bertz CT molecular complexity index is 233. The van der Waals surface area contributed by atoms with Gasteiger partial charge >= 0.3 is 12.4 Å². The van der Waals surface area contributed by atoms with E-state index in [0.717, 1.165) is 13.8 Å². The number of alkyl halides is 6. The second-order valence-corrected chi connectivity index (χ2v) is 3.02. The summed E-state index contributed by atoms with van der Waals surface area (Å²) in [5, 5.41) is 0. The zero-order chi connectivity index (χ0) is 13.6. The lowest BCUT2D eigenvalue weighted by Crippen LogP contribution is -2.07. The van der Waals surface area contributed by atoms with E-state index in [4.69, 9.17) is 23.2 Å². The minimum atomic E-state index is -4.26. The predicted octanol–water partition coefficient (Wildman–Crippen LogP) is 5.38. The maximum atomic E-state index is 11.3. The molecule has 0 aromatic carbocycles. The first-order chi connectivity index (χ1) is 6.96. The van der Waals surface area contributed by atoms with Crippen LogP contribution in [0.25, 0.3) is 0 Å². The van der Waals surface area contributed by atoms with Gasteiger partial charge in [0.1, 0.15) is 0 Å². The molecule has 0 amide bonds. The molecule has 0 saturated heterocycles. The van der Waals surface area contributed by atoms with E-state index in [1.54, 1.807) is 0 Å². The molecule has 0 N–H and O–H groups in total. The van der Waals surface area contributed by atoms with E-state index in [9.17, 15) is 26.3 Å². The molecule has 0 aliphatic carbocycles. The fourth-order valence-electron chi connectivity index (χ4n) is 0.124. The van der Waals surface area contributed by atoms with Crippen molar-refractivity contribution in [3.63, 3.8) is 0 Å². The normalized spacial score (nSPS) is 14.4. The highest BCUT2D eigenvalue weighted by molar-refractivity contribution is 6.26. The fraction of sp³-hybridized carbons (Fsp3) is 0.500. The Morgan fingerprint density at radius 2 is 0.938 bits per heavy atom. The van der Waals surface area contributed by atoms with Crippen molar-refractivity contribution in [1.82, 2.24) is 0 Å². The number of allylic oxidation sites excluding steroid dienone is 2. The Morgan fingerprint density at radius 1 is 0.750 bits per heavy atom. The summed E-state index contributed by atoms with van der Waals surface area (Å²) in [5.74, 6) is 0. The van der Waals surface area contributed by atoms with Gasteiger partial charge in [-0.2, -0.15) is 26.3 Å². The van der Waals surface area contributed by atoms with Crippen molar-refractivity contribution in [2.45, 2.75) is 26.2 Å². The third kappa shape index (κ3) is 8.91. The monoisotopic (exact) mass is 288 g/mol. The zero-order valence-corrected chi connectivity index (χ0v) is 9.69. The third-order valence-corrected chi connectivity index (χ3v) is 1.88. The molecule has 0 rings (SSSR count). The molecule has 0 aromatic rings. The summed E-state index contributed by atoms with van der Waals surface area (Å²) in [6.45, 7) is 1.82. The first kappa shape index (κ1) is 18.0. The van der Waals surface area contributed by atoms with Gasteiger partial charge in [-0.3, -0.25) is 0 Å². The van der Waals surface area contributed by atoms with E-state index < -0.39 is 23.5 Å². The maximum absolute atomic E-state index is 11.3. The average molecular weight is 289 g/mol. The first-order valence-corrected chi connectivity index (χ1v) is 4.52. The van der Waals surface area contributed by atoms with Gasteiger partial charge in [0.15, 0.2) is 0 Å². The van der Waals surface area contributed by atoms with Crippen LogP contribution < -0.4 is 0 Å². The number of hydrogen-bond acceptors (Lipinski definition) is 0. The lowest BCUT2D eigenvalue weighted by molar-refractivity contribution is -0.0919.